The van der Waals surface area contributed by atoms with Gasteiger partial charge in [0.1, 0.15) is 6.61 Å². The Morgan fingerprint density at radius 3 is 2.35 bits per heavy atom. The van der Waals surface area contributed by atoms with Crippen LogP contribution in [0.5, 0.6) is 11.5 Å². The van der Waals surface area contributed by atoms with Crippen molar-refractivity contribution < 1.29 is 19.4 Å². The van der Waals surface area contributed by atoms with Crippen LogP contribution >= 0.6 is 46.4 Å². The van der Waals surface area contributed by atoms with Gasteiger partial charge in [0, 0.05) is 10.6 Å². The number of carboxylic acid groups (broad SMARTS) is 1. The molecule has 2 aromatic carbocycles. The van der Waals surface area contributed by atoms with Gasteiger partial charge in [0.25, 0.3) is 0 Å². The highest BCUT2D eigenvalue weighted by molar-refractivity contribution is 6.44. The third kappa shape index (κ3) is 3.96. The molecule has 23 heavy (non-hydrogen) atoms. The van der Waals surface area contributed by atoms with E-state index < -0.39 is 5.97 Å². The van der Waals surface area contributed by atoms with E-state index >= 15 is 0 Å². The van der Waals surface area contributed by atoms with Crippen LogP contribution in [0, 0.1) is 0 Å². The van der Waals surface area contributed by atoms with E-state index in [1.807, 2.05) is 0 Å². The van der Waals surface area contributed by atoms with Gasteiger partial charge in [-0.25, -0.2) is 4.79 Å². The lowest BCUT2D eigenvalue weighted by atomic mass is 10.2. The highest BCUT2D eigenvalue weighted by Crippen LogP contribution is 2.38. The maximum Gasteiger partial charge on any atom is 0.335 e. The minimum Gasteiger partial charge on any atom is -0.493 e. The van der Waals surface area contributed by atoms with Gasteiger partial charge in [0.2, 0.25) is 0 Å². The number of hydrogen-bond acceptors (Lipinski definition) is 3. The number of halogens is 4. The van der Waals surface area contributed by atoms with Gasteiger partial charge in [-0.15, -0.1) is 0 Å². The second-order valence-corrected chi connectivity index (χ2v) is 6.00. The number of carboxylic acids is 1. The Hall–Kier alpha value is -1.33. The molecular formula is C15H10Cl4O4. The summed E-state index contributed by atoms with van der Waals surface area (Å²) in [6.07, 6.45) is 0. The lowest BCUT2D eigenvalue weighted by Gasteiger charge is -2.15. The second kappa shape index (κ2) is 7.49. The molecule has 0 atom stereocenters. The van der Waals surface area contributed by atoms with Crippen LogP contribution in [0.3, 0.4) is 0 Å². The molecule has 4 nitrogen and oxygen atoms in total. The Morgan fingerprint density at radius 1 is 1.09 bits per heavy atom. The minimum atomic E-state index is -1.13. The lowest BCUT2D eigenvalue weighted by Crippen LogP contribution is -2.03. The predicted molar refractivity (Wildman–Crippen MR) is 90.8 cm³/mol. The second-order valence-electron chi connectivity index (χ2n) is 4.41. The molecule has 0 heterocycles. The molecule has 0 aliphatic carbocycles. The Kier molecular flexibility index (Phi) is 5.87. The van der Waals surface area contributed by atoms with Gasteiger partial charge in [-0.05, 0) is 24.3 Å². The molecule has 0 unspecified atom stereocenters. The van der Waals surface area contributed by atoms with Gasteiger partial charge in [-0.1, -0.05) is 46.4 Å². The van der Waals surface area contributed by atoms with Crippen molar-refractivity contribution in [1.29, 1.82) is 0 Å². The van der Waals surface area contributed by atoms with E-state index in [1.165, 1.54) is 19.2 Å². The standard InChI is InChI=1S/C15H10Cl4O4/c1-22-12-5-7(15(20)21)4-11(18)14(12)23-6-8-9(16)2-3-10(17)13(8)19/h2-5H,6H2,1H3,(H,20,21). The lowest BCUT2D eigenvalue weighted by molar-refractivity contribution is 0.0696. The van der Waals surface area contributed by atoms with E-state index in [2.05, 4.69) is 0 Å². The highest BCUT2D eigenvalue weighted by Gasteiger charge is 2.17. The molecule has 0 fully saturated rings. The average Bonchev–Trinajstić information content (AvgIpc) is 2.51. The van der Waals surface area contributed by atoms with E-state index in [9.17, 15) is 4.79 Å². The Morgan fingerprint density at radius 2 is 1.74 bits per heavy atom. The number of carbonyl (C=O) groups is 1. The van der Waals surface area contributed by atoms with Gasteiger partial charge >= 0.3 is 5.97 Å². The fraction of sp³-hybridized carbons (Fsp3) is 0.133. The van der Waals surface area contributed by atoms with E-state index in [-0.39, 0.29) is 33.7 Å². The largest absolute Gasteiger partial charge is 0.493 e. The van der Waals surface area contributed by atoms with Gasteiger partial charge < -0.3 is 14.6 Å². The third-order valence-electron chi connectivity index (χ3n) is 2.98. The van der Waals surface area contributed by atoms with Crippen molar-refractivity contribution in [2.45, 2.75) is 6.61 Å². The smallest absolute Gasteiger partial charge is 0.335 e. The maximum atomic E-state index is 11.0. The molecule has 0 amide bonds. The molecule has 1 N–H and O–H groups in total. The molecule has 0 bridgehead atoms. The first kappa shape index (κ1) is 18.0. The van der Waals surface area contributed by atoms with E-state index in [0.717, 1.165) is 0 Å². The first-order chi connectivity index (χ1) is 10.8. The summed E-state index contributed by atoms with van der Waals surface area (Å²) >= 11 is 24.2. The molecule has 2 rings (SSSR count). The normalized spacial score (nSPS) is 10.5. The van der Waals surface area contributed by atoms with E-state index in [4.69, 9.17) is 61.0 Å². The summed E-state index contributed by atoms with van der Waals surface area (Å²) in [6.45, 7) is -0.0132. The SMILES string of the molecule is COc1cc(C(=O)O)cc(Cl)c1OCc1c(Cl)ccc(Cl)c1Cl. The van der Waals surface area contributed by atoms with Crippen LogP contribution in [0.2, 0.25) is 20.1 Å². The molecule has 122 valence electrons. The fourth-order valence-electron chi connectivity index (χ4n) is 1.83. The summed E-state index contributed by atoms with van der Waals surface area (Å²) in [6, 6.07) is 5.75. The molecule has 2 aromatic rings. The summed E-state index contributed by atoms with van der Waals surface area (Å²) in [5.74, 6) is -0.756. The molecule has 0 aliphatic heterocycles. The van der Waals surface area contributed by atoms with Crippen LogP contribution in [0.15, 0.2) is 24.3 Å². The monoisotopic (exact) mass is 394 g/mol. The first-order valence-electron chi connectivity index (χ1n) is 6.21. The van der Waals surface area contributed by atoms with Gasteiger partial charge in [-0.3, -0.25) is 0 Å². The van der Waals surface area contributed by atoms with Crippen LogP contribution in [-0.4, -0.2) is 18.2 Å². The van der Waals surface area contributed by atoms with Crippen LogP contribution in [0.1, 0.15) is 15.9 Å². The van der Waals surface area contributed by atoms with Crippen molar-refractivity contribution in [2.24, 2.45) is 0 Å². The van der Waals surface area contributed by atoms with Crippen LogP contribution in [0.25, 0.3) is 0 Å². The fourth-order valence-corrected chi connectivity index (χ4v) is 2.75. The van der Waals surface area contributed by atoms with Gasteiger partial charge in [0.15, 0.2) is 11.5 Å². The molecule has 0 aromatic heterocycles. The number of hydrogen-bond donors (Lipinski definition) is 1. The quantitative estimate of drug-likeness (QED) is 0.670. The van der Waals surface area contributed by atoms with Crippen molar-refractivity contribution in [2.75, 3.05) is 7.11 Å². The Labute approximate surface area is 152 Å². The molecule has 0 aliphatic rings. The van der Waals surface area contributed by atoms with Gasteiger partial charge in [-0.2, -0.15) is 0 Å². The highest BCUT2D eigenvalue weighted by atomic mass is 35.5. The van der Waals surface area contributed by atoms with Crippen molar-refractivity contribution >= 4 is 52.4 Å². The topological polar surface area (TPSA) is 55.8 Å². The van der Waals surface area contributed by atoms with Crippen LogP contribution < -0.4 is 9.47 Å². The predicted octanol–water partition coefficient (Wildman–Crippen LogP) is 5.59. The van der Waals surface area contributed by atoms with E-state index in [0.29, 0.717) is 15.6 Å². The summed E-state index contributed by atoms with van der Waals surface area (Å²) < 4.78 is 10.7. The molecular weight excluding hydrogens is 386 g/mol. The zero-order chi connectivity index (χ0) is 17.1. The molecule has 0 saturated carbocycles. The summed E-state index contributed by atoms with van der Waals surface area (Å²) in [5, 5.41) is 10.1. The molecule has 0 radical (unpaired) electrons. The first-order valence-corrected chi connectivity index (χ1v) is 7.72. The third-order valence-corrected chi connectivity index (χ3v) is 4.45. The summed E-state index contributed by atoms with van der Waals surface area (Å²) in [5.41, 5.74) is 0.472. The zero-order valence-electron chi connectivity index (χ0n) is 11.7. The number of aromatic carboxylic acids is 1. The average molecular weight is 396 g/mol. The van der Waals surface area contributed by atoms with Gasteiger partial charge in [0.05, 0.1) is 27.7 Å². The van der Waals surface area contributed by atoms with Crippen molar-refractivity contribution in [1.82, 2.24) is 0 Å². The van der Waals surface area contributed by atoms with E-state index in [1.54, 1.807) is 12.1 Å². The number of methoxy groups -OCH3 is 1. The van der Waals surface area contributed by atoms with Crippen molar-refractivity contribution in [3.8, 4) is 11.5 Å². The van der Waals surface area contributed by atoms with Crippen LogP contribution in [-0.2, 0) is 6.61 Å². The number of ether oxygens (including phenoxy) is 2. The zero-order valence-corrected chi connectivity index (χ0v) is 14.7. The Bertz CT molecular complexity index is 762. The number of rotatable bonds is 5. The van der Waals surface area contributed by atoms with Crippen molar-refractivity contribution in [3.05, 3.63) is 55.5 Å². The summed E-state index contributed by atoms with van der Waals surface area (Å²) in [4.78, 5) is 11.0. The van der Waals surface area contributed by atoms with Crippen molar-refractivity contribution in [3.63, 3.8) is 0 Å². The minimum absolute atomic E-state index is 0.0132. The Balaban J connectivity index is 2.35. The molecule has 0 spiro atoms. The number of benzene rings is 2. The maximum absolute atomic E-state index is 11.0. The van der Waals surface area contributed by atoms with Crippen LogP contribution in [0.4, 0.5) is 0 Å². The summed E-state index contributed by atoms with van der Waals surface area (Å²) in [7, 11) is 1.38. The molecule has 8 heteroatoms. The molecule has 0 saturated heterocycles.